The average molecular weight is 359 g/mol. The van der Waals surface area contributed by atoms with Gasteiger partial charge in [0, 0.05) is 35.4 Å². The topological polar surface area (TPSA) is 49.8 Å². The van der Waals surface area contributed by atoms with Gasteiger partial charge in [-0.15, -0.1) is 0 Å². The summed E-state index contributed by atoms with van der Waals surface area (Å²) in [6.45, 7) is 15.0. The van der Waals surface area contributed by atoms with Crippen molar-refractivity contribution in [1.29, 1.82) is 0 Å². The maximum Gasteiger partial charge on any atom is 0.198 e. The molecule has 0 bridgehead atoms. The van der Waals surface area contributed by atoms with Crippen molar-refractivity contribution in [2.45, 2.75) is 53.4 Å². The van der Waals surface area contributed by atoms with Crippen molar-refractivity contribution in [3.8, 4) is 0 Å². The summed E-state index contributed by atoms with van der Waals surface area (Å²) in [5, 5.41) is 0.795. The van der Waals surface area contributed by atoms with Gasteiger partial charge in [-0.1, -0.05) is 0 Å². The Hall–Kier alpha value is -1.85. The van der Waals surface area contributed by atoms with Gasteiger partial charge in [-0.05, 0) is 52.8 Å². The zero-order valence-corrected chi connectivity index (χ0v) is 16.7. The van der Waals surface area contributed by atoms with Crippen LogP contribution in [-0.4, -0.2) is 43.4 Å². The Morgan fingerprint density at radius 2 is 1.85 bits per heavy atom. The van der Waals surface area contributed by atoms with Gasteiger partial charge in [0.1, 0.15) is 31.8 Å². The molecule has 3 atom stereocenters. The second-order valence-corrected chi connectivity index (χ2v) is 7.55. The van der Waals surface area contributed by atoms with Gasteiger partial charge in [0.2, 0.25) is 0 Å². The normalized spacial score (nSPS) is 23.3. The van der Waals surface area contributed by atoms with E-state index in [0.29, 0.717) is 0 Å². The Morgan fingerprint density at radius 1 is 1.19 bits per heavy atom. The average Bonchev–Trinajstić information content (AvgIpc) is 2.59. The second kappa shape index (κ2) is 7.80. The highest BCUT2D eigenvalue weighted by atomic mass is 16.5. The molecule has 26 heavy (non-hydrogen) atoms. The number of aromatic nitrogens is 1. The molecule has 1 unspecified atom stereocenters. The van der Waals surface area contributed by atoms with E-state index in [2.05, 4.69) is 43.6 Å². The smallest absolute Gasteiger partial charge is 0.198 e. The molecule has 3 rings (SSSR count). The Bertz CT molecular complexity index is 816. The summed E-state index contributed by atoms with van der Waals surface area (Å²) in [5.41, 5.74) is 4.10. The molecule has 0 saturated carbocycles. The number of quaternary nitrogens is 1. The number of hydrogen-bond acceptors (Lipinski definition) is 3. The Morgan fingerprint density at radius 3 is 2.46 bits per heavy atom. The predicted octanol–water partition coefficient (Wildman–Crippen LogP) is 1.87. The molecule has 1 fully saturated rings. The highest BCUT2D eigenvalue weighted by Gasteiger charge is 2.27. The number of ether oxygens (including phenoxy) is 1. The van der Waals surface area contributed by atoms with E-state index in [1.165, 1.54) is 4.90 Å². The molecule has 1 aliphatic rings. The molecule has 5 nitrogen and oxygen atoms in total. The Labute approximate surface area is 156 Å². The monoisotopic (exact) mass is 358 g/mol. The zero-order chi connectivity index (χ0) is 18.8. The number of nitrogens with zero attached hydrogens (tertiary/aromatic N) is 1. The summed E-state index contributed by atoms with van der Waals surface area (Å²) in [6.07, 6.45) is 0.478. The van der Waals surface area contributed by atoms with Gasteiger partial charge < -0.3 is 19.5 Å². The van der Waals surface area contributed by atoms with Crippen molar-refractivity contribution >= 4 is 16.6 Å². The van der Waals surface area contributed by atoms with Crippen LogP contribution in [0.5, 0.6) is 0 Å². The van der Waals surface area contributed by atoms with Gasteiger partial charge in [0.25, 0.3) is 0 Å². The first kappa shape index (κ1) is 18.9. The predicted molar refractivity (Wildman–Crippen MR) is 107 cm³/mol. The van der Waals surface area contributed by atoms with Crippen LogP contribution in [0.4, 0.5) is 5.69 Å². The SMILES string of the molecule is CCN(CC)c1ccc2[nH]c(C)c(C[NH+]3C[C@@H](C)O[C@@H](C)C3)c(=O)c2c1. The van der Waals surface area contributed by atoms with Gasteiger partial charge in [0.15, 0.2) is 5.43 Å². The Balaban J connectivity index is 1.98. The fourth-order valence-electron chi connectivity index (χ4n) is 4.22. The number of rotatable bonds is 5. The molecule has 2 heterocycles. The summed E-state index contributed by atoms with van der Waals surface area (Å²) >= 11 is 0. The number of aryl methyl sites for hydroxylation is 1. The number of benzene rings is 1. The minimum Gasteiger partial charge on any atom is -0.372 e. The van der Waals surface area contributed by atoms with Crippen LogP contribution in [0.2, 0.25) is 0 Å². The first-order chi connectivity index (χ1) is 12.4. The van der Waals surface area contributed by atoms with Gasteiger partial charge in [0.05, 0.1) is 5.56 Å². The van der Waals surface area contributed by atoms with Gasteiger partial charge in [-0.2, -0.15) is 0 Å². The first-order valence-corrected chi connectivity index (χ1v) is 9.82. The van der Waals surface area contributed by atoms with Crippen LogP contribution in [0.1, 0.15) is 39.0 Å². The lowest BCUT2D eigenvalue weighted by molar-refractivity contribution is -0.928. The molecule has 0 radical (unpaired) electrons. The number of aromatic amines is 1. The van der Waals surface area contributed by atoms with Crippen LogP contribution in [0, 0.1) is 6.92 Å². The molecule has 1 aromatic heterocycles. The lowest BCUT2D eigenvalue weighted by Gasteiger charge is -2.32. The molecule has 0 spiro atoms. The lowest BCUT2D eigenvalue weighted by Crippen LogP contribution is -3.14. The minimum atomic E-state index is 0.171. The van der Waals surface area contributed by atoms with Crippen molar-refractivity contribution in [3.63, 3.8) is 0 Å². The van der Waals surface area contributed by atoms with Crippen molar-refractivity contribution in [3.05, 3.63) is 39.7 Å². The third kappa shape index (κ3) is 3.79. The third-order valence-corrected chi connectivity index (χ3v) is 5.47. The van der Waals surface area contributed by atoms with E-state index in [9.17, 15) is 4.79 Å². The van der Waals surface area contributed by atoms with E-state index in [0.717, 1.165) is 60.6 Å². The second-order valence-electron chi connectivity index (χ2n) is 7.55. The van der Waals surface area contributed by atoms with Gasteiger partial charge >= 0.3 is 0 Å². The summed E-state index contributed by atoms with van der Waals surface area (Å²) in [4.78, 5) is 20.4. The van der Waals surface area contributed by atoms with Crippen LogP contribution in [0.15, 0.2) is 23.0 Å². The highest BCUT2D eigenvalue weighted by molar-refractivity contribution is 5.83. The molecule has 2 N–H and O–H groups in total. The highest BCUT2D eigenvalue weighted by Crippen LogP contribution is 2.20. The number of pyridine rings is 1. The van der Waals surface area contributed by atoms with Crippen molar-refractivity contribution in [2.24, 2.45) is 0 Å². The summed E-state index contributed by atoms with van der Waals surface area (Å²) in [6, 6.07) is 6.18. The van der Waals surface area contributed by atoms with E-state index in [1.54, 1.807) is 0 Å². The fourth-order valence-corrected chi connectivity index (χ4v) is 4.22. The van der Waals surface area contributed by atoms with E-state index in [-0.39, 0.29) is 17.6 Å². The number of hydrogen-bond donors (Lipinski definition) is 2. The molecule has 142 valence electrons. The number of nitrogens with one attached hydrogen (secondary N) is 2. The van der Waals surface area contributed by atoms with E-state index in [4.69, 9.17) is 4.74 Å². The van der Waals surface area contributed by atoms with Crippen molar-refractivity contribution in [2.75, 3.05) is 31.1 Å². The first-order valence-electron chi connectivity index (χ1n) is 9.82. The molecular formula is C21H32N3O2+. The van der Waals surface area contributed by atoms with Gasteiger partial charge in [-0.25, -0.2) is 0 Å². The number of anilines is 1. The van der Waals surface area contributed by atoms with Crippen LogP contribution in [0.3, 0.4) is 0 Å². The summed E-state index contributed by atoms with van der Waals surface area (Å²) < 4.78 is 5.84. The summed E-state index contributed by atoms with van der Waals surface area (Å²) in [5.74, 6) is 0. The molecule has 1 aliphatic heterocycles. The Kier molecular flexibility index (Phi) is 5.68. The molecular weight excluding hydrogens is 326 g/mol. The molecule has 1 saturated heterocycles. The largest absolute Gasteiger partial charge is 0.372 e. The summed E-state index contributed by atoms with van der Waals surface area (Å²) in [7, 11) is 0. The number of H-pyrrole nitrogens is 1. The fraction of sp³-hybridized carbons (Fsp3) is 0.571. The van der Waals surface area contributed by atoms with Crippen LogP contribution in [-0.2, 0) is 11.3 Å². The van der Waals surface area contributed by atoms with Crippen LogP contribution < -0.4 is 15.2 Å². The van der Waals surface area contributed by atoms with Crippen LogP contribution >= 0.6 is 0 Å². The van der Waals surface area contributed by atoms with Gasteiger partial charge in [-0.3, -0.25) is 4.79 Å². The maximum atomic E-state index is 13.3. The van der Waals surface area contributed by atoms with Crippen molar-refractivity contribution in [1.82, 2.24) is 4.98 Å². The molecule has 5 heteroatoms. The molecule has 0 aliphatic carbocycles. The van der Waals surface area contributed by atoms with Crippen molar-refractivity contribution < 1.29 is 9.64 Å². The molecule has 2 aromatic rings. The number of morpholine rings is 1. The minimum absolute atomic E-state index is 0.171. The van der Waals surface area contributed by atoms with E-state index >= 15 is 0 Å². The molecule has 0 amide bonds. The quantitative estimate of drug-likeness (QED) is 0.858. The van der Waals surface area contributed by atoms with E-state index in [1.807, 2.05) is 19.1 Å². The number of fused-ring (bicyclic) bond motifs is 1. The third-order valence-electron chi connectivity index (χ3n) is 5.47. The van der Waals surface area contributed by atoms with Crippen LogP contribution in [0.25, 0.3) is 10.9 Å². The lowest BCUT2D eigenvalue weighted by atomic mass is 10.1. The zero-order valence-electron chi connectivity index (χ0n) is 16.7. The molecule has 1 aromatic carbocycles. The van der Waals surface area contributed by atoms with E-state index < -0.39 is 0 Å². The standard InChI is InChI=1S/C21H31N3O2/c1-6-24(7-2)17-8-9-20-18(10-17)21(25)19(16(5)22-20)13-23-11-14(3)26-15(4)12-23/h8-10,14-15H,6-7,11-13H2,1-5H3,(H,22,25)/p+1/t14-,15+. The maximum absolute atomic E-state index is 13.3.